The maximum absolute atomic E-state index is 3.86. The fourth-order valence-electron chi connectivity index (χ4n) is 0.405. The van der Waals surface area contributed by atoms with Gasteiger partial charge in [0.1, 0.15) is 0 Å². The predicted molar refractivity (Wildman–Crippen MR) is 29.2 cm³/mol. The molecule has 1 aliphatic rings. The van der Waals surface area contributed by atoms with E-state index in [2.05, 4.69) is 22.4 Å². The number of hydrogen-bond acceptors (Lipinski definition) is 2. The fourth-order valence-corrected chi connectivity index (χ4v) is 0.405. The molecule has 0 aliphatic carbocycles. The Kier molecular flexibility index (Phi) is 42.4. The van der Waals surface area contributed by atoms with Crippen LogP contribution in [0.3, 0.4) is 0 Å². The molecule has 0 spiro atoms. The number of nitrogens with zero attached hydrogens (tertiary/aromatic N) is 2. The first-order valence-corrected chi connectivity index (χ1v) is 2.29. The van der Waals surface area contributed by atoms with Crippen molar-refractivity contribution in [3.05, 3.63) is 0 Å². The van der Waals surface area contributed by atoms with E-state index in [9.17, 15) is 0 Å². The van der Waals surface area contributed by atoms with Crippen molar-refractivity contribution in [2.45, 2.75) is 6.42 Å². The molecule has 0 aromatic carbocycles. The topological polar surface area (TPSA) is 24.7 Å². The van der Waals surface area contributed by atoms with Crippen LogP contribution in [0.4, 0.5) is 0 Å². The largest absolute Gasteiger partial charge is 0.531 e. The van der Waals surface area contributed by atoms with Crippen molar-refractivity contribution in [3.63, 3.8) is 0 Å². The first-order valence-electron chi connectivity index (χ1n) is 2.29. The Labute approximate surface area is 169 Å². The minimum atomic E-state index is 0. The van der Waals surface area contributed by atoms with Gasteiger partial charge in [-0.2, -0.15) is 6.42 Å². The van der Waals surface area contributed by atoms with Gasteiger partial charge >= 0.3 is 0 Å². The van der Waals surface area contributed by atoms with Crippen molar-refractivity contribution < 1.29 is 131 Å². The van der Waals surface area contributed by atoms with Crippen LogP contribution in [0.2, 0.25) is 0 Å². The Hall–Kier alpha value is 3.76. The van der Waals surface area contributed by atoms with Gasteiger partial charge in [0.25, 0.3) is 0 Å². The zero-order chi connectivity index (χ0) is 4.95. The van der Waals surface area contributed by atoms with Crippen molar-refractivity contribution in [2.75, 3.05) is 13.1 Å². The summed E-state index contributed by atoms with van der Waals surface area (Å²) in [4.78, 5) is 7.68. The Morgan fingerprint density at radius 1 is 0.818 bits per heavy atom. The summed E-state index contributed by atoms with van der Waals surface area (Å²) in [7, 11) is 0. The standard InChI is InChI=1S/C5H6N2.4Y/c1-2-6-4-5-7-3-1;;;;/h1-2,5H2;;;;/q-2;;;;. The van der Waals surface area contributed by atoms with Gasteiger partial charge in [0.15, 0.2) is 0 Å². The molecule has 0 fully saturated rings. The summed E-state index contributed by atoms with van der Waals surface area (Å²) < 4.78 is 0. The summed E-state index contributed by atoms with van der Waals surface area (Å²) >= 11 is 0. The van der Waals surface area contributed by atoms with E-state index in [4.69, 9.17) is 0 Å². The third-order valence-corrected chi connectivity index (χ3v) is 0.709. The van der Waals surface area contributed by atoms with Crippen molar-refractivity contribution in [1.82, 2.24) is 0 Å². The minimum Gasteiger partial charge on any atom is -0.531 e. The summed E-state index contributed by atoms with van der Waals surface area (Å²) in [5.41, 5.74) is 0. The molecule has 1 aliphatic heterocycles. The normalized spacial score (nSPS) is 12.4. The van der Waals surface area contributed by atoms with E-state index in [0.717, 1.165) is 13.0 Å². The number of rotatable bonds is 0. The fraction of sp³-hybridized carbons (Fsp3) is 0.600. The molecule has 0 atom stereocenters. The van der Waals surface area contributed by atoms with Crippen molar-refractivity contribution in [3.8, 4) is 0 Å². The first kappa shape index (κ1) is 24.1. The second-order valence-corrected chi connectivity index (χ2v) is 1.26. The Bertz CT molecular complexity index is 92.7. The summed E-state index contributed by atoms with van der Waals surface area (Å²) in [6.45, 7) is 1.41. The number of aliphatic imine (C=N–C) groups is 2. The average molecular weight is 450 g/mol. The molecule has 0 saturated carbocycles. The zero-order valence-electron chi connectivity index (χ0n) is 6.33. The van der Waals surface area contributed by atoms with Gasteiger partial charge in [0.2, 0.25) is 0 Å². The average Bonchev–Trinajstić information content (AvgIpc) is 1.90. The molecule has 2 nitrogen and oxygen atoms in total. The minimum absolute atomic E-state index is 0. The van der Waals surface area contributed by atoms with Gasteiger partial charge in [-0.1, -0.05) is 0 Å². The quantitative estimate of drug-likeness (QED) is 0.475. The van der Waals surface area contributed by atoms with Crippen LogP contribution in [0.25, 0.3) is 0 Å². The second-order valence-electron chi connectivity index (χ2n) is 1.26. The van der Waals surface area contributed by atoms with Crippen molar-refractivity contribution in [2.24, 2.45) is 9.98 Å². The summed E-state index contributed by atoms with van der Waals surface area (Å²) in [6, 6.07) is 0. The SMILES string of the molecule is [C-]1=NC[C-]=NCC1.[Y].[Y].[Y].[Y]. The van der Waals surface area contributed by atoms with Gasteiger partial charge in [-0.15, -0.1) is 6.54 Å². The van der Waals surface area contributed by atoms with E-state index in [1.165, 1.54) is 0 Å². The van der Waals surface area contributed by atoms with Crippen LogP contribution in [0.5, 0.6) is 0 Å². The van der Waals surface area contributed by atoms with Gasteiger partial charge in [0, 0.05) is 131 Å². The molecular formula is C5H6N2Y4-2. The van der Waals surface area contributed by atoms with Gasteiger partial charge in [0.05, 0.1) is 0 Å². The van der Waals surface area contributed by atoms with E-state index in [1.54, 1.807) is 0 Å². The molecule has 11 heavy (non-hydrogen) atoms. The predicted octanol–water partition coefficient (Wildman–Crippen LogP) is 0.276. The Balaban J connectivity index is -0.0000000612. The third-order valence-electron chi connectivity index (χ3n) is 0.709. The van der Waals surface area contributed by atoms with Gasteiger partial charge in [-0.25, -0.2) is 0 Å². The van der Waals surface area contributed by atoms with Crippen LogP contribution in [-0.4, -0.2) is 25.5 Å². The molecule has 0 amide bonds. The van der Waals surface area contributed by atoms with Gasteiger partial charge < -0.3 is 22.4 Å². The van der Waals surface area contributed by atoms with E-state index in [1.807, 2.05) is 0 Å². The van der Waals surface area contributed by atoms with Crippen LogP contribution in [0, 0.1) is 0 Å². The zero-order valence-corrected chi connectivity index (χ0v) is 17.7. The maximum atomic E-state index is 3.86. The monoisotopic (exact) mass is 450 g/mol. The molecule has 4 radical (unpaired) electrons. The molecule has 6 heteroatoms. The molecule has 0 saturated heterocycles. The summed E-state index contributed by atoms with van der Waals surface area (Å²) in [5, 5.41) is 0. The molecule has 1 rings (SSSR count). The summed E-state index contributed by atoms with van der Waals surface area (Å²) in [5.74, 6) is 0. The molecule has 50 valence electrons. The third kappa shape index (κ3) is 16.4. The Morgan fingerprint density at radius 2 is 1.45 bits per heavy atom. The van der Waals surface area contributed by atoms with Crippen molar-refractivity contribution >= 4 is 12.4 Å². The van der Waals surface area contributed by atoms with Crippen LogP contribution in [0.15, 0.2) is 9.98 Å². The van der Waals surface area contributed by atoms with Crippen molar-refractivity contribution in [1.29, 1.82) is 0 Å². The number of hydrogen-bond donors (Lipinski definition) is 0. The molecule has 1 heterocycles. The van der Waals surface area contributed by atoms with E-state index in [-0.39, 0.29) is 131 Å². The van der Waals surface area contributed by atoms with Gasteiger partial charge in [-0.3, -0.25) is 0 Å². The molecule has 0 unspecified atom stereocenters. The first-order chi connectivity index (χ1) is 3.50. The van der Waals surface area contributed by atoms with Crippen LogP contribution in [0.1, 0.15) is 6.42 Å². The molecular weight excluding hydrogens is 444 g/mol. The van der Waals surface area contributed by atoms with E-state index < -0.39 is 0 Å². The second kappa shape index (κ2) is 19.3. The summed E-state index contributed by atoms with van der Waals surface area (Å²) in [6.07, 6.45) is 6.41. The van der Waals surface area contributed by atoms with Crippen LogP contribution in [-0.2, 0) is 131 Å². The van der Waals surface area contributed by atoms with E-state index in [0.29, 0.717) is 6.54 Å². The molecule has 0 aromatic rings. The molecule has 0 N–H and O–H groups in total. The maximum Gasteiger partial charge on any atom is 0 e. The van der Waals surface area contributed by atoms with Gasteiger partial charge in [-0.05, 0) is 6.54 Å². The smallest absolute Gasteiger partial charge is 0 e. The van der Waals surface area contributed by atoms with Crippen LogP contribution >= 0.6 is 0 Å². The van der Waals surface area contributed by atoms with Crippen LogP contribution < -0.4 is 0 Å². The molecule has 0 aromatic heterocycles. The van der Waals surface area contributed by atoms with E-state index >= 15 is 0 Å². The Morgan fingerprint density at radius 3 is 2.09 bits per heavy atom. The molecule has 0 bridgehead atoms.